The van der Waals surface area contributed by atoms with Crippen LogP contribution in [0.25, 0.3) is 0 Å². The zero-order valence-corrected chi connectivity index (χ0v) is 15.4. The maximum atomic E-state index is 2.29. The fourth-order valence-electron chi connectivity index (χ4n) is 3.17. The number of aryl methyl sites for hydroxylation is 2. The molecule has 126 valence electrons. The van der Waals surface area contributed by atoms with E-state index in [1.165, 1.54) is 94.7 Å². The van der Waals surface area contributed by atoms with Crippen LogP contribution in [0.4, 0.5) is 0 Å². The number of aromatic nitrogens is 1. The lowest BCUT2D eigenvalue weighted by atomic mass is 10.0. The van der Waals surface area contributed by atoms with Crippen molar-refractivity contribution in [1.82, 2.24) is 0 Å². The normalized spacial score (nSPS) is 11.0. The minimum absolute atomic E-state index is 1.25. The SMILES string of the molecule is CCCCCCCCCCCCCCc1ccc[n+](C)c1C. The second-order valence-corrected chi connectivity index (χ2v) is 6.87. The minimum atomic E-state index is 1.25. The Bertz CT molecular complexity index is 383. The van der Waals surface area contributed by atoms with Crippen LogP contribution in [-0.2, 0) is 13.5 Å². The summed E-state index contributed by atoms with van der Waals surface area (Å²) in [5, 5.41) is 0. The van der Waals surface area contributed by atoms with E-state index in [0.717, 1.165) is 0 Å². The highest BCUT2D eigenvalue weighted by Crippen LogP contribution is 2.13. The number of unbranched alkanes of at least 4 members (excludes halogenated alkanes) is 11. The molecule has 1 aromatic heterocycles. The molecule has 1 aromatic rings. The van der Waals surface area contributed by atoms with Crippen molar-refractivity contribution >= 4 is 0 Å². The third-order valence-electron chi connectivity index (χ3n) is 4.90. The van der Waals surface area contributed by atoms with Crippen LogP contribution >= 0.6 is 0 Å². The molecular formula is C21H38N+. The summed E-state index contributed by atoms with van der Waals surface area (Å²) in [5.41, 5.74) is 2.95. The molecule has 0 unspecified atom stereocenters. The molecule has 0 saturated carbocycles. The summed E-state index contributed by atoms with van der Waals surface area (Å²) in [4.78, 5) is 0. The third kappa shape index (κ3) is 8.56. The smallest absolute Gasteiger partial charge is 0.181 e. The fraction of sp³-hybridized carbons (Fsp3) is 0.762. The van der Waals surface area contributed by atoms with E-state index in [1.807, 2.05) is 0 Å². The molecule has 0 bridgehead atoms. The second-order valence-electron chi connectivity index (χ2n) is 6.87. The van der Waals surface area contributed by atoms with Gasteiger partial charge in [-0.25, -0.2) is 4.57 Å². The first kappa shape index (κ1) is 19.2. The largest absolute Gasteiger partial charge is 0.205 e. The Hall–Kier alpha value is -0.850. The Morgan fingerprint density at radius 2 is 1.27 bits per heavy atom. The summed E-state index contributed by atoms with van der Waals surface area (Å²) in [5.74, 6) is 0. The van der Waals surface area contributed by atoms with E-state index >= 15 is 0 Å². The molecule has 0 aliphatic heterocycles. The first-order valence-corrected chi connectivity index (χ1v) is 9.70. The third-order valence-corrected chi connectivity index (χ3v) is 4.90. The minimum Gasteiger partial charge on any atom is -0.205 e. The van der Waals surface area contributed by atoms with Crippen molar-refractivity contribution < 1.29 is 4.57 Å². The van der Waals surface area contributed by atoms with Crippen molar-refractivity contribution in [1.29, 1.82) is 0 Å². The highest BCUT2D eigenvalue weighted by Gasteiger charge is 2.06. The van der Waals surface area contributed by atoms with Gasteiger partial charge in [0.15, 0.2) is 11.9 Å². The van der Waals surface area contributed by atoms with Gasteiger partial charge in [0.1, 0.15) is 7.05 Å². The fourth-order valence-corrected chi connectivity index (χ4v) is 3.17. The lowest BCUT2D eigenvalue weighted by molar-refractivity contribution is -0.678. The Labute approximate surface area is 139 Å². The van der Waals surface area contributed by atoms with E-state index in [4.69, 9.17) is 0 Å². The van der Waals surface area contributed by atoms with Gasteiger partial charge in [-0.2, -0.15) is 0 Å². The van der Waals surface area contributed by atoms with Crippen molar-refractivity contribution in [2.24, 2.45) is 7.05 Å². The van der Waals surface area contributed by atoms with E-state index in [-0.39, 0.29) is 0 Å². The van der Waals surface area contributed by atoms with E-state index in [0.29, 0.717) is 0 Å². The van der Waals surface area contributed by atoms with Crippen molar-refractivity contribution in [2.45, 2.75) is 97.3 Å². The molecule has 0 aliphatic rings. The second kappa shape index (κ2) is 12.7. The number of pyridine rings is 1. The van der Waals surface area contributed by atoms with Crippen LogP contribution in [-0.4, -0.2) is 0 Å². The van der Waals surface area contributed by atoms with E-state index in [9.17, 15) is 0 Å². The van der Waals surface area contributed by atoms with Crippen LogP contribution in [0.5, 0.6) is 0 Å². The van der Waals surface area contributed by atoms with Gasteiger partial charge in [-0.15, -0.1) is 0 Å². The number of nitrogens with zero attached hydrogens (tertiary/aromatic N) is 1. The summed E-state index contributed by atoms with van der Waals surface area (Å²) in [6, 6.07) is 4.46. The highest BCUT2D eigenvalue weighted by molar-refractivity contribution is 5.14. The predicted octanol–water partition coefficient (Wildman–Crippen LogP) is 6.06. The molecule has 0 N–H and O–H groups in total. The average Bonchev–Trinajstić information content (AvgIpc) is 2.52. The first-order valence-electron chi connectivity index (χ1n) is 9.70. The molecule has 22 heavy (non-hydrogen) atoms. The van der Waals surface area contributed by atoms with Crippen LogP contribution in [0.15, 0.2) is 18.3 Å². The molecule has 1 heterocycles. The predicted molar refractivity (Wildman–Crippen MR) is 97.1 cm³/mol. The van der Waals surface area contributed by atoms with Gasteiger partial charge in [-0.3, -0.25) is 0 Å². The van der Waals surface area contributed by atoms with Crippen LogP contribution in [0, 0.1) is 6.92 Å². The van der Waals surface area contributed by atoms with Crippen LogP contribution < -0.4 is 4.57 Å². The molecule has 0 fully saturated rings. The van der Waals surface area contributed by atoms with Gasteiger partial charge in [0.05, 0.1) is 0 Å². The summed E-state index contributed by atoms with van der Waals surface area (Å²) in [7, 11) is 2.14. The Balaban J connectivity index is 1.90. The van der Waals surface area contributed by atoms with Gasteiger partial charge >= 0.3 is 0 Å². The topological polar surface area (TPSA) is 3.88 Å². The monoisotopic (exact) mass is 304 g/mol. The van der Waals surface area contributed by atoms with Crippen molar-refractivity contribution in [3.8, 4) is 0 Å². The van der Waals surface area contributed by atoms with Crippen molar-refractivity contribution in [2.75, 3.05) is 0 Å². The molecule has 1 heteroatoms. The Morgan fingerprint density at radius 3 is 1.82 bits per heavy atom. The molecule has 0 atom stereocenters. The van der Waals surface area contributed by atoms with E-state index in [1.54, 1.807) is 0 Å². The van der Waals surface area contributed by atoms with Crippen molar-refractivity contribution in [3.63, 3.8) is 0 Å². The number of rotatable bonds is 13. The quantitative estimate of drug-likeness (QED) is 0.308. The molecule has 0 amide bonds. The van der Waals surface area contributed by atoms with Crippen molar-refractivity contribution in [3.05, 3.63) is 29.6 Å². The van der Waals surface area contributed by atoms with Gasteiger partial charge in [0, 0.05) is 18.6 Å². The van der Waals surface area contributed by atoms with Crippen LogP contribution in [0.3, 0.4) is 0 Å². The highest BCUT2D eigenvalue weighted by atomic mass is 14.9. The molecular weight excluding hydrogens is 266 g/mol. The zero-order chi connectivity index (χ0) is 16.0. The standard InChI is InChI=1S/C21H38N/c1-4-5-6-7-8-9-10-11-12-13-14-15-17-21-18-16-19-22(3)20(21)2/h16,18-19H,4-15,17H2,1-3H3/q+1. The molecule has 0 aromatic carbocycles. The number of hydrogen-bond donors (Lipinski definition) is 0. The first-order chi connectivity index (χ1) is 10.8. The lowest BCUT2D eigenvalue weighted by Gasteiger charge is -2.04. The van der Waals surface area contributed by atoms with E-state index in [2.05, 4.69) is 43.8 Å². The van der Waals surface area contributed by atoms with Gasteiger partial charge in [-0.1, -0.05) is 77.6 Å². The van der Waals surface area contributed by atoms with Gasteiger partial charge in [0.25, 0.3) is 0 Å². The lowest BCUT2D eigenvalue weighted by Crippen LogP contribution is -2.32. The summed E-state index contributed by atoms with van der Waals surface area (Å²) >= 11 is 0. The molecule has 0 radical (unpaired) electrons. The Kier molecular flexibility index (Phi) is 11.1. The van der Waals surface area contributed by atoms with E-state index < -0.39 is 0 Å². The molecule has 0 saturated heterocycles. The van der Waals surface area contributed by atoms with Gasteiger partial charge in [0.2, 0.25) is 0 Å². The van der Waals surface area contributed by atoms with Gasteiger partial charge in [-0.05, 0) is 18.9 Å². The Morgan fingerprint density at radius 1 is 0.773 bits per heavy atom. The summed E-state index contributed by atoms with van der Waals surface area (Å²) in [6.07, 6.45) is 20.5. The molecule has 1 nitrogen and oxygen atoms in total. The molecule has 0 aliphatic carbocycles. The van der Waals surface area contributed by atoms with Crippen LogP contribution in [0.2, 0.25) is 0 Å². The van der Waals surface area contributed by atoms with Crippen LogP contribution in [0.1, 0.15) is 95.2 Å². The number of hydrogen-bond acceptors (Lipinski definition) is 0. The summed E-state index contributed by atoms with van der Waals surface area (Å²) < 4.78 is 2.23. The maximum absolute atomic E-state index is 2.29. The summed E-state index contributed by atoms with van der Waals surface area (Å²) in [6.45, 7) is 4.52. The maximum Gasteiger partial charge on any atom is 0.181 e. The van der Waals surface area contributed by atoms with Gasteiger partial charge < -0.3 is 0 Å². The zero-order valence-electron chi connectivity index (χ0n) is 15.4. The molecule has 1 rings (SSSR count). The average molecular weight is 305 g/mol. The molecule has 0 spiro atoms.